The molecule has 1 N–H and O–H groups in total. The summed E-state index contributed by atoms with van der Waals surface area (Å²) in [6.45, 7) is 1.28. The Morgan fingerprint density at radius 2 is 2.21 bits per heavy atom. The number of carbonyl (C=O) groups excluding carboxylic acids is 1. The Kier molecular flexibility index (Phi) is 4.99. The fraction of sp³-hybridized carbons (Fsp3) is 0.588. The highest BCUT2D eigenvalue weighted by atomic mass is 16.5. The van der Waals surface area contributed by atoms with E-state index in [0.29, 0.717) is 37.1 Å². The lowest BCUT2D eigenvalue weighted by Crippen LogP contribution is -2.43. The van der Waals surface area contributed by atoms with Gasteiger partial charge in [0.25, 0.3) is 5.91 Å². The molecule has 1 amide bonds. The minimum Gasteiger partial charge on any atom is -0.480 e. The molecule has 3 rings (SSSR count). The van der Waals surface area contributed by atoms with Gasteiger partial charge >= 0.3 is 5.97 Å². The topological polar surface area (TPSA) is 89.0 Å². The molecule has 2 aliphatic rings. The maximum Gasteiger partial charge on any atom is 0.326 e. The van der Waals surface area contributed by atoms with Crippen LogP contribution in [0.3, 0.4) is 0 Å². The molecule has 7 nitrogen and oxygen atoms in total. The van der Waals surface area contributed by atoms with Crippen LogP contribution in [0.25, 0.3) is 0 Å². The lowest BCUT2D eigenvalue weighted by Gasteiger charge is -2.24. The molecule has 0 spiro atoms. The molecule has 0 bridgehead atoms. The Morgan fingerprint density at radius 1 is 1.38 bits per heavy atom. The summed E-state index contributed by atoms with van der Waals surface area (Å²) in [4.78, 5) is 30.1. The maximum absolute atomic E-state index is 12.8. The van der Waals surface area contributed by atoms with Crippen molar-refractivity contribution in [3.05, 3.63) is 23.9 Å². The van der Waals surface area contributed by atoms with Crippen molar-refractivity contribution in [1.82, 2.24) is 9.88 Å². The minimum atomic E-state index is -0.914. The van der Waals surface area contributed by atoms with E-state index in [-0.39, 0.29) is 11.8 Å². The van der Waals surface area contributed by atoms with Crippen LogP contribution in [0.4, 0.5) is 0 Å². The van der Waals surface area contributed by atoms with Crippen molar-refractivity contribution >= 4 is 11.9 Å². The maximum atomic E-state index is 12.8. The molecule has 130 valence electrons. The van der Waals surface area contributed by atoms with Crippen molar-refractivity contribution in [3.8, 4) is 5.88 Å². The van der Waals surface area contributed by atoms with Crippen LogP contribution in [0.2, 0.25) is 0 Å². The highest BCUT2D eigenvalue weighted by molar-refractivity contribution is 5.97. The van der Waals surface area contributed by atoms with E-state index in [2.05, 4.69) is 4.98 Å². The SMILES string of the molecule is COCCOc1cc(C(=O)N2CC3CCCC3C2C(=O)O)ccn1. The van der Waals surface area contributed by atoms with E-state index in [1.54, 1.807) is 19.2 Å². The zero-order valence-electron chi connectivity index (χ0n) is 13.7. The van der Waals surface area contributed by atoms with Crippen molar-refractivity contribution in [3.63, 3.8) is 0 Å². The van der Waals surface area contributed by atoms with Gasteiger partial charge < -0.3 is 19.5 Å². The quantitative estimate of drug-likeness (QED) is 0.792. The molecule has 3 atom stereocenters. The number of likely N-dealkylation sites (tertiary alicyclic amines) is 1. The van der Waals surface area contributed by atoms with Gasteiger partial charge in [-0.25, -0.2) is 9.78 Å². The number of nitrogens with zero attached hydrogens (tertiary/aromatic N) is 2. The molecule has 0 aromatic carbocycles. The molecule has 1 aliphatic carbocycles. The van der Waals surface area contributed by atoms with Crippen LogP contribution in [-0.2, 0) is 9.53 Å². The van der Waals surface area contributed by atoms with Crippen molar-refractivity contribution in [1.29, 1.82) is 0 Å². The second-order valence-electron chi connectivity index (χ2n) is 6.32. The van der Waals surface area contributed by atoms with E-state index in [1.807, 2.05) is 0 Å². The first kappa shape index (κ1) is 16.7. The van der Waals surface area contributed by atoms with Crippen molar-refractivity contribution in [2.45, 2.75) is 25.3 Å². The van der Waals surface area contributed by atoms with Crippen molar-refractivity contribution in [2.75, 3.05) is 26.9 Å². The molecule has 1 saturated heterocycles. The molecule has 1 saturated carbocycles. The predicted molar refractivity (Wildman–Crippen MR) is 84.9 cm³/mol. The van der Waals surface area contributed by atoms with Crippen LogP contribution in [-0.4, -0.2) is 59.8 Å². The van der Waals surface area contributed by atoms with Gasteiger partial charge in [-0.2, -0.15) is 0 Å². The number of methoxy groups -OCH3 is 1. The molecular formula is C17H22N2O5. The third-order valence-corrected chi connectivity index (χ3v) is 4.92. The fourth-order valence-electron chi connectivity index (χ4n) is 3.85. The molecule has 3 unspecified atom stereocenters. The summed E-state index contributed by atoms with van der Waals surface area (Å²) in [5, 5.41) is 9.58. The number of carboxylic acids is 1. The van der Waals surface area contributed by atoms with E-state index >= 15 is 0 Å². The number of carboxylic acid groups (broad SMARTS) is 1. The highest BCUT2D eigenvalue weighted by Gasteiger charge is 2.49. The van der Waals surface area contributed by atoms with Crippen LogP contribution in [0.15, 0.2) is 18.3 Å². The lowest BCUT2D eigenvalue weighted by atomic mass is 9.94. The average molecular weight is 334 g/mol. The lowest BCUT2D eigenvalue weighted by molar-refractivity contribution is -0.142. The number of aliphatic carboxylic acids is 1. The number of ether oxygens (including phenoxy) is 2. The van der Waals surface area contributed by atoms with Gasteiger partial charge in [0.2, 0.25) is 5.88 Å². The zero-order valence-corrected chi connectivity index (χ0v) is 13.7. The van der Waals surface area contributed by atoms with Crippen LogP contribution in [0.5, 0.6) is 5.88 Å². The summed E-state index contributed by atoms with van der Waals surface area (Å²) in [5.41, 5.74) is 0.406. The molecule has 1 aromatic heterocycles. The van der Waals surface area contributed by atoms with Crippen LogP contribution < -0.4 is 4.74 Å². The zero-order chi connectivity index (χ0) is 17.1. The summed E-state index contributed by atoms with van der Waals surface area (Å²) in [6.07, 6.45) is 4.43. The second-order valence-corrected chi connectivity index (χ2v) is 6.32. The van der Waals surface area contributed by atoms with Gasteiger partial charge in [-0.1, -0.05) is 6.42 Å². The third kappa shape index (κ3) is 3.21. The standard InChI is InChI=1S/C17H22N2O5/c1-23-7-8-24-14-9-11(5-6-18-14)16(20)19-10-12-3-2-4-13(12)15(19)17(21)22/h5-6,9,12-13,15H,2-4,7-8,10H2,1H3,(H,21,22). The fourth-order valence-corrected chi connectivity index (χ4v) is 3.85. The summed E-state index contributed by atoms with van der Waals surface area (Å²) in [5.74, 6) is -0.469. The monoisotopic (exact) mass is 334 g/mol. The van der Waals surface area contributed by atoms with Gasteiger partial charge in [0.05, 0.1) is 6.61 Å². The van der Waals surface area contributed by atoms with E-state index in [1.165, 1.54) is 11.1 Å². The number of hydrogen-bond donors (Lipinski definition) is 1. The van der Waals surface area contributed by atoms with E-state index in [4.69, 9.17) is 9.47 Å². The summed E-state index contributed by atoms with van der Waals surface area (Å²) in [6, 6.07) is 2.43. The number of pyridine rings is 1. The first-order chi connectivity index (χ1) is 11.6. The van der Waals surface area contributed by atoms with Gasteiger partial charge in [0, 0.05) is 31.5 Å². The average Bonchev–Trinajstić information content (AvgIpc) is 3.15. The van der Waals surface area contributed by atoms with Crippen LogP contribution in [0.1, 0.15) is 29.6 Å². The van der Waals surface area contributed by atoms with Crippen molar-refractivity contribution < 1.29 is 24.2 Å². The second kappa shape index (κ2) is 7.17. The first-order valence-corrected chi connectivity index (χ1v) is 8.23. The number of aromatic nitrogens is 1. The molecule has 0 radical (unpaired) electrons. The normalized spacial score (nSPS) is 25.5. The first-order valence-electron chi connectivity index (χ1n) is 8.23. The molecular weight excluding hydrogens is 312 g/mol. The Balaban J connectivity index is 1.76. The Labute approximate surface area is 140 Å². The molecule has 2 heterocycles. The van der Waals surface area contributed by atoms with E-state index in [9.17, 15) is 14.7 Å². The van der Waals surface area contributed by atoms with E-state index < -0.39 is 12.0 Å². The number of rotatable bonds is 6. The van der Waals surface area contributed by atoms with Gasteiger partial charge in [0.1, 0.15) is 12.6 Å². The van der Waals surface area contributed by atoms with Crippen LogP contribution in [0, 0.1) is 11.8 Å². The number of hydrogen-bond acceptors (Lipinski definition) is 5. The third-order valence-electron chi connectivity index (χ3n) is 4.92. The Morgan fingerprint density at radius 3 is 2.96 bits per heavy atom. The molecule has 1 aromatic rings. The molecule has 1 aliphatic heterocycles. The number of fused-ring (bicyclic) bond motifs is 1. The molecule has 24 heavy (non-hydrogen) atoms. The number of amides is 1. The minimum absolute atomic E-state index is 0.0747. The van der Waals surface area contributed by atoms with Crippen molar-refractivity contribution in [2.24, 2.45) is 11.8 Å². The molecule has 2 fully saturated rings. The van der Waals surface area contributed by atoms with Gasteiger partial charge in [-0.15, -0.1) is 0 Å². The summed E-state index contributed by atoms with van der Waals surface area (Å²) >= 11 is 0. The predicted octanol–water partition coefficient (Wildman–Crippen LogP) is 1.43. The largest absolute Gasteiger partial charge is 0.480 e. The van der Waals surface area contributed by atoms with E-state index in [0.717, 1.165) is 19.3 Å². The summed E-state index contributed by atoms with van der Waals surface area (Å²) < 4.78 is 10.3. The smallest absolute Gasteiger partial charge is 0.326 e. The van der Waals surface area contributed by atoms with Gasteiger partial charge in [0.15, 0.2) is 0 Å². The number of carbonyl (C=O) groups is 2. The van der Waals surface area contributed by atoms with Gasteiger partial charge in [-0.05, 0) is 30.7 Å². The Bertz CT molecular complexity index is 621. The van der Waals surface area contributed by atoms with Crippen LogP contribution >= 0.6 is 0 Å². The van der Waals surface area contributed by atoms with Gasteiger partial charge in [-0.3, -0.25) is 4.79 Å². The summed E-state index contributed by atoms with van der Waals surface area (Å²) in [7, 11) is 1.58. The highest BCUT2D eigenvalue weighted by Crippen LogP contribution is 2.42. The molecule has 7 heteroatoms. The Hall–Kier alpha value is -2.15.